The van der Waals surface area contributed by atoms with Gasteiger partial charge in [-0.1, -0.05) is 50.5 Å². The molecule has 1 atom stereocenters. The lowest BCUT2D eigenvalue weighted by molar-refractivity contribution is 0.164. The van der Waals surface area contributed by atoms with Crippen LogP contribution in [0.1, 0.15) is 56.3 Å². The Kier molecular flexibility index (Phi) is 5.21. The molecule has 0 spiro atoms. The zero-order valence-electron chi connectivity index (χ0n) is 11.4. The summed E-state index contributed by atoms with van der Waals surface area (Å²) in [5.74, 6) is 0. The van der Waals surface area contributed by atoms with Gasteiger partial charge < -0.3 is 10.4 Å². The maximum Gasteiger partial charge on any atom is 0.0917 e. The van der Waals surface area contributed by atoms with Crippen LogP contribution in [-0.4, -0.2) is 17.7 Å². The van der Waals surface area contributed by atoms with E-state index in [-0.39, 0.29) is 6.10 Å². The van der Waals surface area contributed by atoms with Gasteiger partial charge in [-0.25, -0.2) is 0 Å². The molecule has 1 fully saturated rings. The van der Waals surface area contributed by atoms with E-state index < -0.39 is 0 Å². The molecule has 2 nitrogen and oxygen atoms in total. The summed E-state index contributed by atoms with van der Waals surface area (Å²) >= 11 is 0. The van der Waals surface area contributed by atoms with Gasteiger partial charge >= 0.3 is 0 Å². The summed E-state index contributed by atoms with van der Waals surface area (Å²) in [4.78, 5) is 0. The first-order valence-corrected chi connectivity index (χ1v) is 7.30. The van der Waals surface area contributed by atoms with E-state index in [1.54, 1.807) is 0 Å². The van der Waals surface area contributed by atoms with Crippen molar-refractivity contribution in [1.82, 2.24) is 5.32 Å². The molecular weight excluding hydrogens is 222 g/mol. The third-order valence-electron chi connectivity index (χ3n) is 4.00. The smallest absolute Gasteiger partial charge is 0.0917 e. The standard InChI is InChI=1S/C16H25NO/c1-2-13-8-6-7-11-15(13)16(18)12-17-14-9-4-3-5-10-14/h6-8,11,14,16-18H,2-5,9-10,12H2,1H3. The van der Waals surface area contributed by atoms with Crippen LogP contribution in [0.25, 0.3) is 0 Å². The number of benzene rings is 1. The minimum atomic E-state index is -0.372. The predicted octanol–water partition coefficient (Wildman–Crippen LogP) is 3.20. The largest absolute Gasteiger partial charge is 0.387 e. The Morgan fingerprint density at radius 1 is 1.22 bits per heavy atom. The molecule has 1 aliphatic carbocycles. The lowest BCUT2D eigenvalue weighted by atomic mass is 9.95. The SMILES string of the molecule is CCc1ccccc1C(O)CNC1CCCCC1. The fourth-order valence-electron chi connectivity index (χ4n) is 2.88. The van der Waals surface area contributed by atoms with Crippen molar-refractivity contribution in [2.75, 3.05) is 6.54 Å². The summed E-state index contributed by atoms with van der Waals surface area (Å²) < 4.78 is 0. The van der Waals surface area contributed by atoms with Gasteiger partial charge in [0.1, 0.15) is 0 Å². The molecule has 1 saturated carbocycles. The number of rotatable bonds is 5. The van der Waals surface area contributed by atoms with Crippen molar-refractivity contribution >= 4 is 0 Å². The van der Waals surface area contributed by atoms with Gasteiger partial charge in [-0.05, 0) is 30.4 Å². The normalized spacial score (nSPS) is 18.8. The summed E-state index contributed by atoms with van der Waals surface area (Å²) in [7, 11) is 0. The van der Waals surface area contributed by atoms with E-state index in [9.17, 15) is 5.11 Å². The maximum absolute atomic E-state index is 10.3. The predicted molar refractivity (Wildman–Crippen MR) is 75.7 cm³/mol. The molecule has 0 amide bonds. The Labute approximate surface area is 110 Å². The van der Waals surface area contributed by atoms with Crippen molar-refractivity contribution in [3.05, 3.63) is 35.4 Å². The summed E-state index contributed by atoms with van der Waals surface area (Å²) in [5, 5.41) is 13.8. The van der Waals surface area contributed by atoms with Gasteiger partial charge in [0.2, 0.25) is 0 Å². The highest BCUT2D eigenvalue weighted by molar-refractivity contribution is 5.29. The molecule has 0 aliphatic heterocycles. The molecule has 100 valence electrons. The van der Waals surface area contributed by atoms with Crippen molar-refractivity contribution in [3.8, 4) is 0 Å². The van der Waals surface area contributed by atoms with Crippen LogP contribution < -0.4 is 5.32 Å². The van der Waals surface area contributed by atoms with E-state index in [0.717, 1.165) is 12.0 Å². The molecule has 2 heteroatoms. The van der Waals surface area contributed by atoms with E-state index in [2.05, 4.69) is 18.3 Å². The summed E-state index contributed by atoms with van der Waals surface area (Å²) in [6, 6.07) is 8.83. The van der Waals surface area contributed by atoms with Gasteiger partial charge in [0.05, 0.1) is 6.10 Å². The van der Waals surface area contributed by atoms with Crippen LogP contribution in [0.5, 0.6) is 0 Å². The second-order valence-electron chi connectivity index (χ2n) is 5.31. The highest BCUT2D eigenvalue weighted by Crippen LogP contribution is 2.20. The Morgan fingerprint density at radius 3 is 2.67 bits per heavy atom. The Bertz CT molecular complexity index is 358. The van der Waals surface area contributed by atoms with Gasteiger partial charge in [0.25, 0.3) is 0 Å². The summed E-state index contributed by atoms with van der Waals surface area (Å²) in [6.45, 7) is 2.82. The van der Waals surface area contributed by atoms with Crippen LogP contribution >= 0.6 is 0 Å². The van der Waals surface area contributed by atoms with Gasteiger partial charge in [0, 0.05) is 12.6 Å². The third-order valence-corrected chi connectivity index (χ3v) is 4.00. The summed E-state index contributed by atoms with van der Waals surface area (Å²) in [5.41, 5.74) is 2.35. The van der Waals surface area contributed by atoms with E-state index in [4.69, 9.17) is 0 Å². The van der Waals surface area contributed by atoms with Crippen LogP contribution in [0.15, 0.2) is 24.3 Å². The quantitative estimate of drug-likeness (QED) is 0.837. The first kappa shape index (κ1) is 13.6. The highest BCUT2D eigenvalue weighted by atomic mass is 16.3. The molecule has 1 aromatic carbocycles. The average Bonchev–Trinajstić information content (AvgIpc) is 2.45. The lowest BCUT2D eigenvalue weighted by Gasteiger charge is -2.25. The molecule has 1 aromatic rings. The van der Waals surface area contributed by atoms with Crippen LogP contribution in [0.3, 0.4) is 0 Å². The fraction of sp³-hybridized carbons (Fsp3) is 0.625. The van der Waals surface area contributed by atoms with E-state index >= 15 is 0 Å². The monoisotopic (exact) mass is 247 g/mol. The number of aryl methyl sites for hydroxylation is 1. The third kappa shape index (κ3) is 3.56. The second kappa shape index (κ2) is 6.91. The van der Waals surface area contributed by atoms with E-state index in [0.29, 0.717) is 12.6 Å². The number of aliphatic hydroxyl groups is 1. The number of aliphatic hydroxyl groups excluding tert-OH is 1. The molecule has 1 unspecified atom stereocenters. The minimum Gasteiger partial charge on any atom is -0.387 e. The minimum absolute atomic E-state index is 0.372. The van der Waals surface area contributed by atoms with Crippen LogP contribution in [0.2, 0.25) is 0 Å². The van der Waals surface area contributed by atoms with Crippen molar-refractivity contribution < 1.29 is 5.11 Å². The average molecular weight is 247 g/mol. The van der Waals surface area contributed by atoms with Gasteiger partial charge in [-0.3, -0.25) is 0 Å². The molecule has 18 heavy (non-hydrogen) atoms. The Morgan fingerprint density at radius 2 is 1.94 bits per heavy atom. The van der Waals surface area contributed by atoms with Gasteiger partial charge in [-0.2, -0.15) is 0 Å². The molecule has 0 aromatic heterocycles. The number of hydrogen-bond donors (Lipinski definition) is 2. The summed E-state index contributed by atoms with van der Waals surface area (Å²) in [6.07, 6.45) is 7.18. The van der Waals surface area contributed by atoms with Crippen molar-refractivity contribution in [2.24, 2.45) is 0 Å². The maximum atomic E-state index is 10.3. The molecule has 0 radical (unpaired) electrons. The Balaban J connectivity index is 1.88. The number of hydrogen-bond acceptors (Lipinski definition) is 2. The van der Waals surface area contributed by atoms with Crippen LogP contribution in [0, 0.1) is 0 Å². The van der Waals surface area contributed by atoms with Gasteiger partial charge in [0.15, 0.2) is 0 Å². The van der Waals surface area contributed by atoms with E-state index in [1.807, 2.05) is 18.2 Å². The Hall–Kier alpha value is -0.860. The molecule has 2 N–H and O–H groups in total. The first-order valence-electron chi connectivity index (χ1n) is 7.30. The molecule has 2 rings (SSSR count). The topological polar surface area (TPSA) is 32.3 Å². The lowest BCUT2D eigenvalue weighted by Crippen LogP contribution is -2.34. The van der Waals surface area contributed by atoms with E-state index in [1.165, 1.54) is 37.7 Å². The molecule has 1 aliphatic rings. The van der Waals surface area contributed by atoms with Crippen molar-refractivity contribution in [1.29, 1.82) is 0 Å². The highest BCUT2D eigenvalue weighted by Gasteiger charge is 2.16. The fourth-order valence-corrected chi connectivity index (χ4v) is 2.88. The number of nitrogens with one attached hydrogen (secondary N) is 1. The first-order chi connectivity index (χ1) is 8.81. The molecular formula is C16H25NO. The van der Waals surface area contributed by atoms with Crippen LogP contribution in [0.4, 0.5) is 0 Å². The van der Waals surface area contributed by atoms with Crippen LogP contribution in [-0.2, 0) is 6.42 Å². The van der Waals surface area contributed by atoms with Crippen molar-refractivity contribution in [2.45, 2.75) is 57.6 Å². The van der Waals surface area contributed by atoms with Crippen molar-refractivity contribution in [3.63, 3.8) is 0 Å². The second-order valence-corrected chi connectivity index (χ2v) is 5.31. The zero-order chi connectivity index (χ0) is 12.8. The zero-order valence-corrected chi connectivity index (χ0v) is 11.4. The van der Waals surface area contributed by atoms with Gasteiger partial charge in [-0.15, -0.1) is 0 Å². The molecule has 0 bridgehead atoms. The molecule has 0 heterocycles. The molecule has 0 saturated heterocycles.